The van der Waals surface area contributed by atoms with Gasteiger partial charge in [-0.15, -0.1) is 0 Å². The zero-order valence-electron chi connectivity index (χ0n) is 14.8. The third-order valence-corrected chi connectivity index (χ3v) is 4.20. The van der Waals surface area contributed by atoms with E-state index < -0.39 is 0 Å². The van der Waals surface area contributed by atoms with Gasteiger partial charge in [0.2, 0.25) is 0 Å². The van der Waals surface area contributed by atoms with Crippen LogP contribution in [0, 0.1) is 6.92 Å². The topological polar surface area (TPSA) is 12.0 Å². The van der Waals surface area contributed by atoms with Crippen LogP contribution >= 0.6 is 0 Å². The Hall–Kier alpha value is -1.86. The van der Waals surface area contributed by atoms with Crippen LogP contribution in [-0.4, -0.2) is 6.04 Å². The van der Waals surface area contributed by atoms with E-state index in [1.165, 1.54) is 22.3 Å². The predicted octanol–water partition coefficient (Wildman–Crippen LogP) is 5.61. The van der Waals surface area contributed by atoms with E-state index in [1.54, 1.807) is 0 Å². The molecule has 2 aromatic carbocycles. The number of aryl methyl sites for hydroxylation is 1. The van der Waals surface area contributed by atoms with Gasteiger partial charge in [0.15, 0.2) is 0 Å². The summed E-state index contributed by atoms with van der Waals surface area (Å²) in [5.74, 6) is 0.541. The molecule has 1 nitrogen and oxygen atoms in total. The van der Waals surface area contributed by atoms with Crippen molar-refractivity contribution < 1.29 is 0 Å². The monoisotopic (exact) mass is 307 g/mol. The fraction of sp³-hybridized carbons (Fsp3) is 0.364. The van der Waals surface area contributed by atoms with Gasteiger partial charge >= 0.3 is 0 Å². The Labute approximate surface area is 141 Å². The molecule has 0 aromatic heterocycles. The van der Waals surface area contributed by atoms with Crippen molar-refractivity contribution in [3.8, 4) is 0 Å². The van der Waals surface area contributed by atoms with Crippen molar-refractivity contribution in [1.29, 1.82) is 0 Å². The second kappa shape index (κ2) is 8.69. The molecule has 0 bridgehead atoms. The van der Waals surface area contributed by atoms with Crippen LogP contribution in [-0.2, 0) is 6.54 Å². The summed E-state index contributed by atoms with van der Waals surface area (Å²) in [6.45, 7) is 9.72. The lowest BCUT2D eigenvalue weighted by Gasteiger charge is -2.21. The van der Waals surface area contributed by atoms with Crippen molar-refractivity contribution in [2.45, 2.75) is 52.6 Å². The minimum Gasteiger partial charge on any atom is -0.306 e. The van der Waals surface area contributed by atoms with E-state index in [4.69, 9.17) is 0 Å². The summed E-state index contributed by atoms with van der Waals surface area (Å²) in [6.07, 6.45) is 3.47. The summed E-state index contributed by atoms with van der Waals surface area (Å²) in [6, 6.07) is 20.0. The van der Waals surface area contributed by atoms with Crippen molar-refractivity contribution in [1.82, 2.24) is 5.32 Å². The molecule has 0 spiro atoms. The first-order chi connectivity index (χ1) is 11.0. The zero-order valence-corrected chi connectivity index (χ0v) is 14.8. The highest BCUT2D eigenvalue weighted by Crippen LogP contribution is 2.22. The fourth-order valence-electron chi connectivity index (χ4n) is 2.87. The molecule has 0 aliphatic carbocycles. The van der Waals surface area contributed by atoms with Crippen LogP contribution in [0.4, 0.5) is 0 Å². The van der Waals surface area contributed by atoms with Crippen LogP contribution in [0.15, 0.2) is 66.2 Å². The maximum Gasteiger partial charge on any atom is 0.0261 e. The van der Waals surface area contributed by atoms with Gasteiger partial charge < -0.3 is 5.32 Å². The maximum absolute atomic E-state index is 3.70. The Kier molecular flexibility index (Phi) is 6.61. The van der Waals surface area contributed by atoms with Crippen molar-refractivity contribution in [3.63, 3.8) is 0 Å². The number of allylic oxidation sites excluding steroid dienone is 1. The van der Waals surface area contributed by atoms with Crippen molar-refractivity contribution in [2.75, 3.05) is 0 Å². The Morgan fingerprint density at radius 1 is 1.00 bits per heavy atom. The summed E-state index contributed by atoms with van der Waals surface area (Å²) >= 11 is 0. The van der Waals surface area contributed by atoms with E-state index in [0.29, 0.717) is 12.0 Å². The molecule has 2 rings (SSSR count). The molecule has 0 fully saturated rings. The molecule has 23 heavy (non-hydrogen) atoms. The van der Waals surface area contributed by atoms with Gasteiger partial charge in [-0.05, 0) is 44.2 Å². The molecule has 0 aliphatic rings. The van der Waals surface area contributed by atoms with Gasteiger partial charge in [0.1, 0.15) is 0 Å². The molecule has 1 N–H and O–H groups in total. The first kappa shape index (κ1) is 17.5. The van der Waals surface area contributed by atoms with Crippen LogP contribution < -0.4 is 5.32 Å². The lowest BCUT2D eigenvalue weighted by molar-refractivity contribution is 0.512. The Morgan fingerprint density at radius 3 is 2.26 bits per heavy atom. The molecule has 0 aliphatic heterocycles. The quantitative estimate of drug-likeness (QED) is 0.655. The van der Waals surface area contributed by atoms with Crippen LogP contribution in [0.5, 0.6) is 0 Å². The standard InChI is InChI=1S/C22H29N/c1-17(2)14-22(23-16-20-8-6-5-7-9-20)15-19(4)21-12-10-18(3)11-13-21/h5-14,19,22-23H,15-16H2,1-4H3/t19-,22?/m0/s1. The normalized spacial score (nSPS) is 13.4. The predicted molar refractivity (Wildman–Crippen MR) is 101 cm³/mol. The van der Waals surface area contributed by atoms with E-state index >= 15 is 0 Å². The van der Waals surface area contributed by atoms with Crippen LogP contribution in [0.1, 0.15) is 49.8 Å². The van der Waals surface area contributed by atoms with Crippen LogP contribution in [0.25, 0.3) is 0 Å². The first-order valence-corrected chi connectivity index (χ1v) is 8.53. The molecule has 0 saturated heterocycles. The molecule has 0 amide bonds. The molecule has 0 radical (unpaired) electrons. The van der Waals surface area contributed by atoms with Crippen molar-refractivity contribution in [2.24, 2.45) is 0 Å². The molecule has 1 heteroatoms. The summed E-state index contributed by atoms with van der Waals surface area (Å²) in [5.41, 5.74) is 5.45. The Balaban J connectivity index is 2.00. The average molecular weight is 307 g/mol. The van der Waals surface area contributed by atoms with Gasteiger partial charge in [-0.2, -0.15) is 0 Å². The number of nitrogens with one attached hydrogen (secondary N) is 1. The fourth-order valence-corrected chi connectivity index (χ4v) is 2.87. The maximum atomic E-state index is 3.70. The van der Waals surface area contributed by atoms with Gasteiger partial charge in [0.25, 0.3) is 0 Å². The van der Waals surface area contributed by atoms with Crippen molar-refractivity contribution >= 4 is 0 Å². The Morgan fingerprint density at radius 2 is 1.65 bits per heavy atom. The molecule has 122 valence electrons. The van der Waals surface area contributed by atoms with Gasteiger partial charge in [0, 0.05) is 12.6 Å². The number of hydrogen-bond donors (Lipinski definition) is 1. The van der Waals surface area contributed by atoms with E-state index in [2.05, 4.69) is 93.7 Å². The third kappa shape index (κ3) is 6.03. The minimum absolute atomic E-state index is 0.400. The third-order valence-electron chi connectivity index (χ3n) is 4.20. The number of benzene rings is 2. The summed E-state index contributed by atoms with van der Waals surface area (Å²) in [5, 5.41) is 3.70. The molecular weight excluding hydrogens is 278 g/mol. The second-order valence-electron chi connectivity index (χ2n) is 6.76. The molecule has 0 heterocycles. The number of hydrogen-bond acceptors (Lipinski definition) is 1. The van der Waals surface area contributed by atoms with Crippen LogP contribution in [0.3, 0.4) is 0 Å². The first-order valence-electron chi connectivity index (χ1n) is 8.53. The van der Waals surface area contributed by atoms with E-state index in [9.17, 15) is 0 Å². The summed E-state index contributed by atoms with van der Waals surface area (Å²) in [7, 11) is 0. The van der Waals surface area contributed by atoms with Gasteiger partial charge in [-0.1, -0.05) is 78.7 Å². The Bertz CT molecular complexity index is 606. The molecular formula is C22H29N. The highest BCUT2D eigenvalue weighted by Gasteiger charge is 2.12. The zero-order chi connectivity index (χ0) is 16.7. The average Bonchev–Trinajstić information content (AvgIpc) is 2.53. The second-order valence-corrected chi connectivity index (χ2v) is 6.76. The van der Waals surface area contributed by atoms with Crippen LogP contribution in [0.2, 0.25) is 0 Å². The SMILES string of the molecule is CC(C)=CC(C[C@H](C)c1ccc(C)cc1)NCc1ccccc1. The van der Waals surface area contributed by atoms with Gasteiger partial charge in [-0.25, -0.2) is 0 Å². The lowest BCUT2D eigenvalue weighted by Crippen LogP contribution is -2.28. The number of rotatable bonds is 7. The van der Waals surface area contributed by atoms with Gasteiger partial charge in [-0.3, -0.25) is 0 Å². The van der Waals surface area contributed by atoms with E-state index in [0.717, 1.165) is 13.0 Å². The molecule has 2 atom stereocenters. The highest BCUT2D eigenvalue weighted by atomic mass is 14.9. The molecule has 2 aromatic rings. The summed E-state index contributed by atoms with van der Waals surface area (Å²) in [4.78, 5) is 0. The van der Waals surface area contributed by atoms with Crippen molar-refractivity contribution in [3.05, 3.63) is 82.9 Å². The molecule has 0 saturated carbocycles. The van der Waals surface area contributed by atoms with E-state index in [-0.39, 0.29) is 0 Å². The lowest BCUT2D eigenvalue weighted by atomic mass is 9.92. The summed E-state index contributed by atoms with van der Waals surface area (Å²) < 4.78 is 0. The smallest absolute Gasteiger partial charge is 0.0261 e. The van der Waals surface area contributed by atoms with E-state index in [1.807, 2.05) is 0 Å². The highest BCUT2D eigenvalue weighted by molar-refractivity contribution is 5.24. The largest absolute Gasteiger partial charge is 0.306 e. The van der Waals surface area contributed by atoms with Gasteiger partial charge in [0.05, 0.1) is 0 Å². The minimum atomic E-state index is 0.400. The molecule has 1 unspecified atom stereocenters.